The van der Waals surface area contributed by atoms with Crippen molar-refractivity contribution in [2.45, 2.75) is 19.3 Å². The Kier molecular flexibility index (Phi) is 4.00. The number of ether oxygens (including phenoxy) is 1. The molecule has 0 fully saturated rings. The molecule has 0 radical (unpaired) electrons. The maximum absolute atomic E-state index is 11.9. The second kappa shape index (κ2) is 5.07. The number of rotatable bonds is 4. The minimum atomic E-state index is -4.67. The van der Waals surface area contributed by atoms with E-state index in [-0.39, 0.29) is 11.8 Å². The third kappa shape index (κ3) is 4.39. The highest BCUT2D eigenvalue weighted by molar-refractivity contribution is 5.48. The number of alkyl halides is 3. The average molecular weight is 234 g/mol. The molecule has 1 unspecified atom stereocenters. The predicted octanol–water partition coefficient (Wildman–Crippen LogP) is 2.34. The Morgan fingerprint density at radius 2 is 2.12 bits per heavy atom. The normalized spacial score (nSPS) is 13.3. The molecule has 0 heterocycles. The molecule has 3 nitrogen and oxygen atoms in total. The molecule has 1 rings (SSSR count). The molecule has 0 aliphatic rings. The number of anilines is 1. The van der Waals surface area contributed by atoms with E-state index in [0.717, 1.165) is 0 Å². The van der Waals surface area contributed by atoms with Crippen molar-refractivity contribution in [1.29, 1.82) is 0 Å². The molecular formula is C10H13F3N2O. The molecule has 0 saturated carbocycles. The summed E-state index contributed by atoms with van der Waals surface area (Å²) in [5.41, 5.74) is 5.93. The van der Waals surface area contributed by atoms with Gasteiger partial charge in [0.15, 0.2) is 0 Å². The molecule has 1 aromatic rings. The van der Waals surface area contributed by atoms with Crippen LogP contribution in [0.15, 0.2) is 24.3 Å². The van der Waals surface area contributed by atoms with E-state index in [9.17, 15) is 13.2 Å². The van der Waals surface area contributed by atoms with Crippen molar-refractivity contribution in [2.24, 2.45) is 5.73 Å². The number of benzene rings is 1. The highest BCUT2D eigenvalue weighted by atomic mass is 19.4. The SMILES string of the molecule is CC(CN)Nc1cccc(OC(F)(F)F)c1. The van der Waals surface area contributed by atoms with Crippen LogP contribution in [0.2, 0.25) is 0 Å². The van der Waals surface area contributed by atoms with Crippen molar-refractivity contribution in [2.75, 3.05) is 11.9 Å². The van der Waals surface area contributed by atoms with Gasteiger partial charge in [-0.15, -0.1) is 13.2 Å². The minimum Gasteiger partial charge on any atom is -0.406 e. The van der Waals surface area contributed by atoms with Crippen molar-refractivity contribution in [3.63, 3.8) is 0 Å². The summed E-state index contributed by atoms with van der Waals surface area (Å²) >= 11 is 0. The summed E-state index contributed by atoms with van der Waals surface area (Å²) in [4.78, 5) is 0. The maximum Gasteiger partial charge on any atom is 0.573 e. The minimum absolute atomic E-state index is 0.0128. The third-order valence-electron chi connectivity index (χ3n) is 1.83. The van der Waals surface area contributed by atoms with E-state index in [4.69, 9.17) is 5.73 Å². The second-order valence-corrected chi connectivity index (χ2v) is 3.36. The highest BCUT2D eigenvalue weighted by Crippen LogP contribution is 2.25. The van der Waals surface area contributed by atoms with Crippen molar-refractivity contribution in [1.82, 2.24) is 0 Å². The van der Waals surface area contributed by atoms with E-state index in [1.54, 1.807) is 6.07 Å². The van der Waals surface area contributed by atoms with Crippen molar-refractivity contribution in [3.05, 3.63) is 24.3 Å². The Balaban J connectivity index is 2.71. The molecule has 0 saturated heterocycles. The van der Waals surface area contributed by atoms with Gasteiger partial charge in [0.2, 0.25) is 0 Å². The van der Waals surface area contributed by atoms with E-state index in [2.05, 4.69) is 10.1 Å². The molecule has 90 valence electrons. The van der Waals surface area contributed by atoms with Gasteiger partial charge in [0, 0.05) is 24.3 Å². The average Bonchev–Trinajstić information content (AvgIpc) is 2.15. The van der Waals surface area contributed by atoms with Crippen molar-refractivity contribution >= 4 is 5.69 Å². The molecular weight excluding hydrogens is 221 g/mol. The summed E-state index contributed by atoms with van der Waals surface area (Å²) < 4.78 is 39.6. The summed E-state index contributed by atoms with van der Waals surface area (Å²) in [6.45, 7) is 2.22. The molecule has 0 bridgehead atoms. The first-order chi connectivity index (χ1) is 7.40. The summed E-state index contributed by atoms with van der Waals surface area (Å²) in [6, 6.07) is 5.63. The summed E-state index contributed by atoms with van der Waals surface area (Å²) in [7, 11) is 0. The molecule has 1 atom stereocenters. The standard InChI is InChI=1S/C10H13F3N2O/c1-7(6-14)15-8-3-2-4-9(5-8)16-10(11,12)13/h2-5,7,15H,6,14H2,1H3. The van der Waals surface area contributed by atoms with Gasteiger partial charge in [-0.3, -0.25) is 0 Å². The Bertz CT molecular complexity index is 341. The van der Waals surface area contributed by atoms with Crippen molar-refractivity contribution < 1.29 is 17.9 Å². The Labute approximate surface area is 91.4 Å². The van der Waals surface area contributed by atoms with Crippen LogP contribution in [0.25, 0.3) is 0 Å². The fourth-order valence-corrected chi connectivity index (χ4v) is 1.13. The third-order valence-corrected chi connectivity index (χ3v) is 1.83. The lowest BCUT2D eigenvalue weighted by molar-refractivity contribution is -0.274. The van der Waals surface area contributed by atoms with Crippen LogP contribution in [-0.2, 0) is 0 Å². The van der Waals surface area contributed by atoms with Crippen LogP contribution in [0, 0.1) is 0 Å². The zero-order valence-electron chi connectivity index (χ0n) is 8.71. The molecule has 0 spiro atoms. The largest absolute Gasteiger partial charge is 0.573 e. The van der Waals surface area contributed by atoms with E-state index in [1.807, 2.05) is 6.92 Å². The lowest BCUT2D eigenvalue weighted by Gasteiger charge is -2.14. The van der Waals surface area contributed by atoms with E-state index in [0.29, 0.717) is 12.2 Å². The molecule has 0 amide bonds. The molecule has 0 aliphatic carbocycles. The van der Waals surface area contributed by atoms with Crippen LogP contribution in [0.5, 0.6) is 5.75 Å². The Morgan fingerprint density at radius 3 is 2.69 bits per heavy atom. The van der Waals surface area contributed by atoms with Gasteiger partial charge >= 0.3 is 6.36 Å². The van der Waals surface area contributed by atoms with Crippen LogP contribution in [0.3, 0.4) is 0 Å². The van der Waals surface area contributed by atoms with Gasteiger partial charge in [-0.1, -0.05) is 6.07 Å². The van der Waals surface area contributed by atoms with E-state index < -0.39 is 6.36 Å². The van der Waals surface area contributed by atoms with E-state index in [1.165, 1.54) is 18.2 Å². The molecule has 6 heteroatoms. The molecule has 1 aromatic carbocycles. The van der Waals surface area contributed by atoms with Crippen LogP contribution < -0.4 is 15.8 Å². The van der Waals surface area contributed by atoms with Gasteiger partial charge in [0.1, 0.15) is 5.75 Å². The first-order valence-corrected chi connectivity index (χ1v) is 4.73. The number of hydrogen-bond donors (Lipinski definition) is 2. The Hall–Kier alpha value is -1.43. The highest BCUT2D eigenvalue weighted by Gasteiger charge is 2.31. The van der Waals surface area contributed by atoms with Crippen LogP contribution in [0.4, 0.5) is 18.9 Å². The lowest BCUT2D eigenvalue weighted by atomic mass is 10.2. The fraction of sp³-hybridized carbons (Fsp3) is 0.400. The number of nitrogens with two attached hydrogens (primary N) is 1. The van der Waals surface area contributed by atoms with Gasteiger partial charge in [-0.25, -0.2) is 0 Å². The van der Waals surface area contributed by atoms with Gasteiger partial charge in [0.05, 0.1) is 0 Å². The van der Waals surface area contributed by atoms with Crippen molar-refractivity contribution in [3.8, 4) is 5.75 Å². The smallest absolute Gasteiger partial charge is 0.406 e. The molecule has 0 aliphatic heterocycles. The zero-order chi connectivity index (χ0) is 12.2. The predicted molar refractivity (Wildman–Crippen MR) is 55.3 cm³/mol. The van der Waals surface area contributed by atoms with E-state index >= 15 is 0 Å². The quantitative estimate of drug-likeness (QED) is 0.840. The molecule has 16 heavy (non-hydrogen) atoms. The van der Waals surface area contributed by atoms with Gasteiger partial charge in [-0.05, 0) is 19.1 Å². The van der Waals surface area contributed by atoms with Gasteiger partial charge in [0.25, 0.3) is 0 Å². The lowest BCUT2D eigenvalue weighted by Crippen LogP contribution is -2.25. The first-order valence-electron chi connectivity index (χ1n) is 4.73. The van der Waals surface area contributed by atoms with Crippen LogP contribution in [-0.4, -0.2) is 18.9 Å². The van der Waals surface area contributed by atoms with Gasteiger partial charge < -0.3 is 15.8 Å². The summed E-state index contributed by atoms with van der Waals surface area (Å²) in [6.07, 6.45) is -4.67. The second-order valence-electron chi connectivity index (χ2n) is 3.36. The zero-order valence-corrected chi connectivity index (χ0v) is 8.71. The van der Waals surface area contributed by atoms with Crippen LogP contribution in [0.1, 0.15) is 6.92 Å². The maximum atomic E-state index is 11.9. The molecule has 3 N–H and O–H groups in total. The van der Waals surface area contributed by atoms with Gasteiger partial charge in [-0.2, -0.15) is 0 Å². The summed E-state index contributed by atoms with van der Waals surface area (Å²) in [5, 5.41) is 2.95. The summed E-state index contributed by atoms with van der Waals surface area (Å²) in [5.74, 6) is -0.248. The fourth-order valence-electron chi connectivity index (χ4n) is 1.13. The monoisotopic (exact) mass is 234 g/mol. The topological polar surface area (TPSA) is 47.3 Å². The number of nitrogens with one attached hydrogen (secondary N) is 1. The molecule has 0 aromatic heterocycles. The van der Waals surface area contributed by atoms with Crippen LogP contribution >= 0.6 is 0 Å². The number of hydrogen-bond acceptors (Lipinski definition) is 3. The Morgan fingerprint density at radius 1 is 1.44 bits per heavy atom. The number of halogens is 3. The first kappa shape index (κ1) is 12.6.